The summed E-state index contributed by atoms with van der Waals surface area (Å²) in [5, 5.41) is 8.37. The molecule has 0 saturated carbocycles. The van der Waals surface area contributed by atoms with Gasteiger partial charge in [0.2, 0.25) is 5.91 Å². The number of oxazole rings is 1. The van der Waals surface area contributed by atoms with E-state index < -0.39 is 0 Å². The van der Waals surface area contributed by atoms with Crippen molar-refractivity contribution in [1.29, 1.82) is 0 Å². The highest BCUT2D eigenvalue weighted by atomic mass is 16.3. The molecule has 0 aliphatic heterocycles. The standard InChI is InChI=1S/C20H16N4O3/c1-13-16-4-2-3-5-17(16)20(26)24(23-13)11-19(25)22-15-8-6-14(7-9-15)18-10-21-12-27-18/h2-10,12H,11H2,1H3,(H,22,25). The number of nitrogens with zero attached hydrogens (tertiary/aromatic N) is 3. The molecule has 1 N–H and O–H groups in total. The van der Waals surface area contributed by atoms with E-state index >= 15 is 0 Å². The molecule has 7 heteroatoms. The minimum Gasteiger partial charge on any atom is -0.444 e. The fourth-order valence-electron chi connectivity index (χ4n) is 2.92. The van der Waals surface area contributed by atoms with Crippen LogP contribution in [0.25, 0.3) is 22.1 Å². The maximum Gasteiger partial charge on any atom is 0.275 e. The predicted octanol–water partition coefficient (Wildman–Crippen LogP) is 3.00. The van der Waals surface area contributed by atoms with Crippen LogP contribution in [0.5, 0.6) is 0 Å². The Bertz CT molecular complexity index is 1160. The fraction of sp³-hybridized carbons (Fsp3) is 0.100. The molecule has 2 heterocycles. The Morgan fingerprint density at radius 1 is 1.11 bits per heavy atom. The second-order valence-electron chi connectivity index (χ2n) is 6.09. The van der Waals surface area contributed by atoms with E-state index in [1.54, 1.807) is 30.5 Å². The molecule has 0 aliphatic rings. The normalized spacial score (nSPS) is 10.9. The van der Waals surface area contributed by atoms with Gasteiger partial charge in [0.15, 0.2) is 12.2 Å². The van der Waals surface area contributed by atoms with E-state index in [0.717, 1.165) is 10.9 Å². The number of hydrogen-bond acceptors (Lipinski definition) is 5. The van der Waals surface area contributed by atoms with Gasteiger partial charge in [-0.25, -0.2) is 9.67 Å². The van der Waals surface area contributed by atoms with Crippen molar-refractivity contribution in [3.8, 4) is 11.3 Å². The fourth-order valence-corrected chi connectivity index (χ4v) is 2.92. The van der Waals surface area contributed by atoms with E-state index in [-0.39, 0.29) is 18.0 Å². The maximum absolute atomic E-state index is 12.5. The highest BCUT2D eigenvalue weighted by molar-refractivity contribution is 5.91. The lowest BCUT2D eigenvalue weighted by molar-refractivity contribution is -0.117. The highest BCUT2D eigenvalue weighted by Gasteiger charge is 2.11. The number of anilines is 1. The molecule has 27 heavy (non-hydrogen) atoms. The summed E-state index contributed by atoms with van der Waals surface area (Å²) in [5.74, 6) is 0.321. The predicted molar refractivity (Wildman–Crippen MR) is 101 cm³/mol. The zero-order valence-corrected chi connectivity index (χ0v) is 14.5. The van der Waals surface area contributed by atoms with Gasteiger partial charge in [-0.05, 0) is 37.3 Å². The van der Waals surface area contributed by atoms with Crippen molar-refractivity contribution in [1.82, 2.24) is 14.8 Å². The number of hydrogen-bond donors (Lipinski definition) is 1. The second kappa shape index (κ2) is 6.87. The average molecular weight is 360 g/mol. The van der Waals surface area contributed by atoms with Crippen molar-refractivity contribution >= 4 is 22.4 Å². The van der Waals surface area contributed by atoms with Gasteiger partial charge in [-0.3, -0.25) is 9.59 Å². The molecule has 2 aromatic carbocycles. The third-order valence-electron chi connectivity index (χ3n) is 4.23. The summed E-state index contributed by atoms with van der Waals surface area (Å²) in [6.07, 6.45) is 2.98. The van der Waals surface area contributed by atoms with Crippen LogP contribution in [-0.2, 0) is 11.3 Å². The third-order valence-corrected chi connectivity index (χ3v) is 4.23. The minimum atomic E-state index is -0.327. The molecular weight excluding hydrogens is 344 g/mol. The number of carbonyl (C=O) groups excluding carboxylic acids is 1. The van der Waals surface area contributed by atoms with Crippen LogP contribution in [0.15, 0.2) is 70.3 Å². The molecule has 0 spiro atoms. The summed E-state index contributed by atoms with van der Waals surface area (Å²) in [6, 6.07) is 14.4. The van der Waals surface area contributed by atoms with E-state index in [4.69, 9.17) is 4.42 Å². The molecule has 4 rings (SSSR count). The van der Waals surface area contributed by atoms with Crippen LogP contribution in [0.1, 0.15) is 5.69 Å². The van der Waals surface area contributed by atoms with Gasteiger partial charge in [-0.2, -0.15) is 5.10 Å². The number of carbonyl (C=O) groups is 1. The maximum atomic E-state index is 12.5. The Kier molecular flexibility index (Phi) is 4.25. The van der Waals surface area contributed by atoms with Crippen LogP contribution in [-0.4, -0.2) is 20.7 Å². The zero-order valence-electron chi connectivity index (χ0n) is 14.5. The number of rotatable bonds is 4. The molecule has 2 aromatic heterocycles. The number of fused-ring (bicyclic) bond motifs is 1. The summed E-state index contributed by atoms with van der Waals surface area (Å²) in [5.41, 5.74) is 1.89. The molecule has 0 aliphatic carbocycles. The summed E-state index contributed by atoms with van der Waals surface area (Å²) in [4.78, 5) is 28.8. The molecule has 1 amide bonds. The monoisotopic (exact) mass is 360 g/mol. The number of benzene rings is 2. The van der Waals surface area contributed by atoms with Crippen molar-refractivity contribution in [3.63, 3.8) is 0 Å². The average Bonchev–Trinajstić information content (AvgIpc) is 3.21. The first-order valence-electron chi connectivity index (χ1n) is 8.37. The van der Waals surface area contributed by atoms with Gasteiger partial charge >= 0.3 is 0 Å². The largest absolute Gasteiger partial charge is 0.444 e. The van der Waals surface area contributed by atoms with Gasteiger partial charge in [0.25, 0.3) is 5.56 Å². The SMILES string of the molecule is Cc1nn(CC(=O)Nc2ccc(-c3cnco3)cc2)c(=O)c2ccccc12. The molecule has 0 atom stereocenters. The molecule has 4 aromatic rings. The molecule has 0 unspecified atom stereocenters. The zero-order chi connectivity index (χ0) is 18.8. The highest BCUT2D eigenvalue weighted by Crippen LogP contribution is 2.20. The number of amides is 1. The van der Waals surface area contributed by atoms with Gasteiger partial charge < -0.3 is 9.73 Å². The van der Waals surface area contributed by atoms with Gasteiger partial charge in [-0.15, -0.1) is 0 Å². The molecule has 134 valence electrons. The van der Waals surface area contributed by atoms with E-state index in [0.29, 0.717) is 22.5 Å². The van der Waals surface area contributed by atoms with E-state index in [1.165, 1.54) is 11.1 Å². The lowest BCUT2D eigenvalue weighted by Crippen LogP contribution is -2.30. The Morgan fingerprint density at radius 2 is 1.85 bits per heavy atom. The van der Waals surface area contributed by atoms with Crippen LogP contribution in [0.4, 0.5) is 5.69 Å². The molecule has 7 nitrogen and oxygen atoms in total. The van der Waals surface area contributed by atoms with Crippen molar-refractivity contribution in [3.05, 3.63) is 77.2 Å². The van der Waals surface area contributed by atoms with E-state index in [2.05, 4.69) is 15.4 Å². The van der Waals surface area contributed by atoms with Crippen LogP contribution < -0.4 is 10.9 Å². The van der Waals surface area contributed by atoms with Crippen molar-refractivity contribution in [2.75, 3.05) is 5.32 Å². The van der Waals surface area contributed by atoms with Crippen molar-refractivity contribution < 1.29 is 9.21 Å². The number of aromatic nitrogens is 3. The van der Waals surface area contributed by atoms with Gasteiger partial charge in [-0.1, -0.05) is 18.2 Å². The van der Waals surface area contributed by atoms with Crippen LogP contribution >= 0.6 is 0 Å². The Hall–Kier alpha value is -3.74. The smallest absolute Gasteiger partial charge is 0.275 e. The van der Waals surface area contributed by atoms with E-state index in [1.807, 2.05) is 31.2 Å². The first kappa shape index (κ1) is 16.7. The van der Waals surface area contributed by atoms with Crippen LogP contribution in [0, 0.1) is 6.92 Å². The van der Waals surface area contributed by atoms with E-state index in [9.17, 15) is 9.59 Å². The lowest BCUT2D eigenvalue weighted by atomic mass is 10.1. The summed E-state index contributed by atoms with van der Waals surface area (Å²) in [7, 11) is 0. The number of aryl methyl sites for hydroxylation is 1. The summed E-state index contributed by atoms with van der Waals surface area (Å²) >= 11 is 0. The van der Waals surface area contributed by atoms with Gasteiger partial charge in [0.1, 0.15) is 6.54 Å². The topological polar surface area (TPSA) is 90.0 Å². The second-order valence-corrected chi connectivity index (χ2v) is 6.09. The number of nitrogens with one attached hydrogen (secondary N) is 1. The Balaban J connectivity index is 1.52. The first-order chi connectivity index (χ1) is 13.1. The quantitative estimate of drug-likeness (QED) is 0.604. The first-order valence-corrected chi connectivity index (χ1v) is 8.37. The lowest BCUT2D eigenvalue weighted by Gasteiger charge is -2.09. The molecule has 0 bridgehead atoms. The Labute approximate surface area is 154 Å². The van der Waals surface area contributed by atoms with Gasteiger partial charge in [0.05, 0.1) is 17.3 Å². The summed E-state index contributed by atoms with van der Waals surface area (Å²) in [6.45, 7) is 1.66. The molecule has 0 radical (unpaired) electrons. The van der Waals surface area contributed by atoms with Crippen LogP contribution in [0.3, 0.4) is 0 Å². The van der Waals surface area contributed by atoms with Crippen LogP contribution in [0.2, 0.25) is 0 Å². The third kappa shape index (κ3) is 3.35. The van der Waals surface area contributed by atoms with Crippen molar-refractivity contribution in [2.45, 2.75) is 13.5 Å². The summed E-state index contributed by atoms with van der Waals surface area (Å²) < 4.78 is 6.42. The Morgan fingerprint density at radius 3 is 2.56 bits per heavy atom. The molecule has 0 saturated heterocycles. The molecular formula is C20H16N4O3. The van der Waals surface area contributed by atoms with Gasteiger partial charge in [0, 0.05) is 16.6 Å². The van der Waals surface area contributed by atoms with Crippen molar-refractivity contribution in [2.24, 2.45) is 0 Å². The minimum absolute atomic E-state index is 0.158. The molecule has 0 fully saturated rings.